The molecule has 0 fully saturated rings. The molecular formula is C10H6ClFN4O. The van der Waals surface area contributed by atoms with Crippen molar-refractivity contribution in [2.75, 3.05) is 5.32 Å². The number of nitrogens with zero attached hydrogens (tertiary/aromatic N) is 3. The lowest BCUT2D eigenvalue weighted by atomic mass is 10.3. The second-order valence-electron chi connectivity index (χ2n) is 3.04. The molecule has 2 heterocycles. The Morgan fingerprint density at radius 3 is 2.71 bits per heavy atom. The molecule has 0 aromatic carbocycles. The molecule has 17 heavy (non-hydrogen) atoms. The molecule has 1 N–H and O–H groups in total. The van der Waals surface area contributed by atoms with Crippen molar-refractivity contribution in [2.45, 2.75) is 0 Å². The van der Waals surface area contributed by atoms with Crippen LogP contribution in [0.2, 0.25) is 5.15 Å². The zero-order chi connectivity index (χ0) is 12.3. The van der Waals surface area contributed by atoms with E-state index < -0.39 is 11.9 Å². The number of halogens is 2. The van der Waals surface area contributed by atoms with Crippen LogP contribution in [0, 0.1) is 5.95 Å². The van der Waals surface area contributed by atoms with E-state index in [2.05, 4.69) is 20.5 Å². The highest BCUT2D eigenvalue weighted by atomic mass is 35.5. The first-order valence-electron chi connectivity index (χ1n) is 4.58. The Balaban J connectivity index is 2.14. The highest BCUT2D eigenvalue weighted by Crippen LogP contribution is 2.07. The number of anilines is 1. The van der Waals surface area contributed by atoms with Gasteiger partial charge in [-0.2, -0.15) is 4.39 Å². The van der Waals surface area contributed by atoms with Gasteiger partial charge in [0.25, 0.3) is 5.91 Å². The Morgan fingerprint density at radius 1 is 1.24 bits per heavy atom. The van der Waals surface area contributed by atoms with Crippen molar-refractivity contribution in [3.05, 3.63) is 47.1 Å². The molecule has 1 amide bonds. The van der Waals surface area contributed by atoms with E-state index in [0.717, 1.165) is 6.07 Å². The molecule has 7 heteroatoms. The van der Waals surface area contributed by atoms with E-state index in [1.54, 1.807) is 0 Å². The van der Waals surface area contributed by atoms with Crippen molar-refractivity contribution >= 4 is 23.3 Å². The first kappa shape index (κ1) is 11.4. The van der Waals surface area contributed by atoms with Crippen LogP contribution in [-0.4, -0.2) is 21.1 Å². The van der Waals surface area contributed by atoms with E-state index in [4.69, 9.17) is 11.6 Å². The summed E-state index contributed by atoms with van der Waals surface area (Å²) in [5.41, 5.74) is -0.0400. The van der Waals surface area contributed by atoms with Gasteiger partial charge in [-0.25, -0.2) is 4.98 Å². The molecule has 0 bridgehead atoms. The van der Waals surface area contributed by atoms with Gasteiger partial charge in [-0.15, -0.1) is 10.2 Å². The molecule has 2 aromatic rings. The SMILES string of the molecule is O=C(Nc1ccc(Cl)nn1)c1cccc(F)n1. The van der Waals surface area contributed by atoms with E-state index in [1.165, 1.54) is 24.3 Å². The number of nitrogens with one attached hydrogen (secondary N) is 1. The number of amides is 1. The molecule has 0 aliphatic rings. The molecule has 2 rings (SSSR count). The Labute approximate surface area is 101 Å². The quantitative estimate of drug-likeness (QED) is 0.829. The molecule has 0 spiro atoms. The molecular weight excluding hydrogens is 247 g/mol. The van der Waals surface area contributed by atoms with Crippen LogP contribution >= 0.6 is 11.6 Å². The fourth-order valence-electron chi connectivity index (χ4n) is 1.10. The molecule has 0 unspecified atom stereocenters. The molecule has 86 valence electrons. The first-order chi connectivity index (χ1) is 8.15. The van der Waals surface area contributed by atoms with Crippen LogP contribution in [0.25, 0.3) is 0 Å². The van der Waals surface area contributed by atoms with Crippen LogP contribution < -0.4 is 5.32 Å². The molecule has 0 atom stereocenters. The van der Waals surface area contributed by atoms with Gasteiger partial charge < -0.3 is 5.32 Å². The molecule has 0 radical (unpaired) electrons. The lowest BCUT2D eigenvalue weighted by Crippen LogP contribution is -2.15. The molecule has 0 aliphatic carbocycles. The predicted molar refractivity (Wildman–Crippen MR) is 59.2 cm³/mol. The highest BCUT2D eigenvalue weighted by molar-refractivity contribution is 6.29. The van der Waals surface area contributed by atoms with Gasteiger partial charge >= 0.3 is 0 Å². The van der Waals surface area contributed by atoms with Crippen LogP contribution in [0.1, 0.15) is 10.5 Å². The van der Waals surface area contributed by atoms with Crippen LogP contribution in [0.5, 0.6) is 0 Å². The summed E-state index contributed by atoms with van der Waals surface area (Å²) in [6, 6.07) is 6.89. The number of hydrogen-bond donors (Lipinski definition) is 1. The summed E-state index contributed by atoms with van der Waals surface area (Å²) in [5.74, 6) is -1.08. The highest BCUT2D eigenvalue weighted by Gasteiger charge is 2.09. The maximum Gasteiger partial charge on any atom is 0.275 e. The van der Waals surface area contributed by atoms with E-state index in [0.29, 0.717) is 0 Å². The third-order valence-electron chi connectivity index (χ3n) is 1.82. The summed E-state index contributed by atoms with van der Waals surface area (Å²) in [6.45, 7) is 0. The Kier molecular flexibility index (Phi) is 3.24. The van der Waals surface area contributed by atoms with E-state index in [-0.39, 0.29) is 16.7 Å². The second kappa shape index (κ2) is 4.84. The summed E-state index contributed by atoms with van der Waals surface area (Å²) < 4.78 is 12.8. The minimum atomic E-state index is -0.722. The summed E-state index contributed by atoms with van der Waals surface area (Å²) in [4.78, 5) is 15.0. The van der Waals surface area contributed by atoms with Crippen molar-refractivity contribution < 1.29 is 9.18 Å². The maximum absolute atomic E-state index is 12.8. The van der Waals surface area contributed by atoms with Gasteiger partial charge in [0.1, 0.15) is 5.69 Å². The van der Waals surface area contributed by atoms with Crippen molar-refractivity contribution in [2.24, 2.45) is 0 Å². The second-order valence-corrected chi connectivity index (χ2v) is 3.43. The van der Waals surface area contributed by atoms with Crippen molar-refractivity contribution in [1.82, 2.24) is 15.2 Å². The summed E-state index contributed by atoms with van der Waals surface area (Å²) >= 11 is 5.54. The van der Waals surface area contributed by atoms with Crippen LogP contribution in [0.3, 0.4) is 0 Å². The molecule has 0 saturated heterocycles. The topological polar surface area (TPSA) is 67.8 Å². The molecule has 2 aromatic heterocycles. The van der Waals surface area contributed by atoms with Crippen molar-refractivity contribution in [1.29, 1.82) is 0 Å². The van der Waals surface area contributed by atoms with Gasteiger partial charge in [0.2, 0.25) is 5.95 Å². The minimum Gasteiger partial charge on any atom is -0.304 e. The van der Waals surface area contributed by atoms with Gasteiger partial charge in [-0.05, 0) is 24.3 Å². The van der Waals surface area contributed by atoms with Crippen molar-refractivity contribution in [3.63, 3.8) is 0 Å². The van der Waals surface area contributed by atoms with Gasteiger partial charge in [0, 0.05) is 0 Å². The largest absolute Gasteiger partial charge is 0.304 e. The molecule has 0 saturated carbocycles. The number of hydrogen-bond acceptors (Lipinski definition) is 4. The Morgan fingerprint density at radius 2 is 2.06 bits per heavy atom. The third kappa shape index (κ3) is 2.94. The molecule has 5 nitrogen and oxygen atoms in total. The maximum atomic E-state index is 12.8. The molecule has 0 aliphatic heterocycles. The standard InChI is InChI=1S/C10H6ClFN4O/c11-7-4-5-9(16-15-7)14-10(17)6-2-1-3-8(12)13-6/h1-5H,(H,14,16,17). The number of aromatic nitrogens is 3. The number of pyridine rings is 1. The summed E-state index contributed by atoms with van der Waals surface area (Å²) in [7, 11) is 0. The van der Waals surface area contributed by atoms with Crippen LogP contribution in [-0.2, 0) is 0 Å². The van der Waals surface area contributed by atoms with Gasteiger partial charge in [-0.3, -0.25) is 4.79 Å². The first-order valence-corrected chi connectivity index (χ1v) is 4.96. The minimum absolute atomic E-state index is 0.0400. The Bertz CT molecular complexity index is 546. The van der Waals surface area contributed by atoms with Crippen molar-refractivity contribution in [3.8, 4) is 0 Å². The zero-order valence-electron chi connectivity index (χ0n) is 8.39. The average molecular weight is 253 g/mol. The third-order valence-corrected chi connectivity index (χ3v) is 2.02. The lowest BCUT2D eigenvalue weighted by molar-refractivity contribution is 0.102. The summed E-state index contributed by atoms with van der Waals surface area (Å²) in [6.07, 6.45) is 0. The monoisotopic (exact) mass is 252 g/mol. The van der Waals surface area contributed by atoms with Crippen LogP contribution in [0.15, 0.2) is 30.3 Å². The van der Waals surface area contributed by atoms with Gasteiger partial charge in [0.15, 0.2) is 11.0 Å². The number of carbonyl (C=O) groups is 1. The normalized spacial score (nSPS) is 10.0. The van der Waals surface area contributed by atoms with E-state index in [9.17, 15) is 9.18 Å². The van der Waals surface area contributed by atoms with E-state index >= 15 is 0 Å². The predicted octanol–water partition coefficient (Wildman–Crippen LogP) is 1.92. The van der Waals surface area contributed by atoms with Crippen LogP contribution in [0.4, 0.5) is 10.2 Å². The summed E-state index contributed by atoms with van der Waals surface area (Å²) in [5, 5.41) is 9.81. The van der Waals surface area contributed by atoms with Gasteiger partial charge in [-0.1, -0.05) is 17.7 Å². The number of rotatable bonds is 2. The fraction of sp³-hybridized carbons (Fsp3) is 0. The lowest BCUT2D eigenvalue weighted by Gasteiger charge is -2.02. The Hall–Kier alpha value is -2.08. The zero-order valence-corrected chi connectivity index (χ0v) is 9.15. The average Bonchev–Trinajstić information content (AvgIpc) is 2.32. The van der Waals surface area contributed by atoms with Gasteiger partial charge in [0.05, 0.1) is 0 Å². The number of carbonyl (C=O) groups excluding carboxylic acids is 1. The van der Waals surface area contributed by atoms with E-state index in [1.807, 2.05) is 0 Å². The smallest absolute Gasteiger partial charge is 0.275 e. The fourth-order valence-corrected chi connectivity index (χ4v) is 1.20.